The van der Waals surface area contributed by atoms with Gasteiger partial charge in [-0.25, -0.2) is 0 Å². The molecule has 4 heteroatoms. The van der Waals surface area contributed by atoms with Gasteiger partial charge in [0.25, 0.3) is 0 Å². The fraction of sp³-hybridized carbons (Fsp3) is 0.0909. The highest BCUT2D eigenvalue weighted by atomic mass is 32.1. The first-order chi connectivity index (χ1) is 7.15. The Morgan fingerprint density at radius 2 is 2.07 bits per heavy atom. The van der Waals surface area contributed by atoms with Gasteiger partial charge in [0.1, 0.15) is 11.3 Å². The summed E-state index contributed by atoms with van der Waals surface area (Å²) in [6.07, 6.45) is 0. The molecule has 0 aliphatic carbocycles. The first kappa shape index (κ1) is 9.86. The molecule has 0 aliphatic heterocycles. The van der Waals surface area contributed by atoms with Crippen molar-refractivity contribution in [2.45, 2.75) is 6.92 Å². The van der Waals surface area contributed by atoms with Gasteiger partial charge in [-0.2, -0.15) is 0 Å². The number of hydrogen-bond acceptors (Lipinski definition) is 4. The van der Waals surface area contributed by atoms with E-state index in [0.717, 1.165) is 5.39 Å². The normalized spacial score (nSPS) is 10.2. The SMILES string of the molecule is CC(=O)Oc1ccc2ccc(=S)oc2c1. The fourth-order valence-electron chi connectivity index (χ4n) is 1.27. The lowest BCUT2D eigenvalue weighted by atomic mass is 10.2. The molecule has 0 spiro atoms. The molecule has 0 aliphatic rings. The third-order valence-corrected chi connectivity index (χ3v) is 2.08. The van der Waals surface area contributed by atoms with Crippen molar-refractivity contribution in [3.63, 3.8) is 0 Å². The number of hydrogen-bond donors (Lipinski definition) is 0. The number of ether oxygens (including phenoxy) is 1. The quantitative estimate of drug-likeness (QED) is 0.420. The topological polar surface area (TPSA) is 39.4 Å². The van der Waals surface area contributed by atoms with Gasteiger partial charge in [-0.15, -0.1) is 0 Å². The van der Waals surface area contributed by atoms with Crippen LogP contribution in [0.15, 0.2) is 34.7 Å². The third kappa shape index (κ3) is 2.22. The zero-order valence-corrected chi connectivity index (χ0v) is 8.84. The van der Waals surface area contributed by atoms with Crippen molar-refractivity contribution in [1.82, 2.24) is 0 Å². The van der Waals surface area contributed by atoms with Crippen molar-refractivity contribution in [1.29, 1.82) is 0 Å². The number of fused-ring (bicyclic) bond motifs is 1. The Morgan fingerprint density at radius 3 is 2.80 bits per heavy atom. The number of esters is 1. The Hall–Kier alpha value is -1.68. The number of carbonyl (C=O) groups excluding carboxylic acids is 1. The standard InChI is InChI=1S/C11H8O3S/c1-7(12)13-9-4-2-8-3-5-11(15)14-10(8)6-9/h2-6H,1H3. The second kappa shape index (κ2) is 3.82. The van der Waals surface area contributed by atoms with Crippen LogP contribution in [0, 0.1) is 4.71 Å². The molecule has 1 heterocycles. The summed E-state index contributed by atoms with van der Waals surface area (Å²) in [5.41, 5.74) is 0.612. The molecule has 0 bridgehead atoms. The van der Waals surface area contributed by atoms with E-state index in [-0.39, 0.29) is 5.97 Å². The molecule has 1 aromatic heterocycles. The number of rotatable bonds is 1. The van der Waals surface area contributed by atoms with Crippen molar-refractivity contribution in [3.8, 4) is 5.75 Å². The van der Waals surface area contributed by atoms with E-state index >= 15 is 0 Å². The smallest absolute Gasteiger partial charge is 0.308 e. The third-order valence-electron chi connectivity index (χ3n) is 1.86. The van der Waals surface area contributed by atoms with Crippen LogP contribution >= 0.6 is 12.2 Å². The Labute approximate surface area is 91.3 Å². The Kier molecular flexibility index (Phi) is 2.51. The van der Waals surface area contributed by atoms with Crippen molar-refractivity contribution >= 4 is 29.2 Å². The lowest BCUT2D eigenvalue weighted by Crippen LogP contribution is -2.00. The van der Waals surface area contributed by atoms with E-state index in [2.05, 4.69) is 0 Å². The van der Waals surface area contributed by atoms with Gasteiger partial charge in [0.2, 0.25) is 0 Å². The molecule has 0 atom stereocenters. The summed E-state index contributed by atoms with van der Waals surface area (Å²) in [5.74, 6) is 0.100. The van der Waals surface area contributed by atoms with Gasteiger partial charge in [-0.3, -0.25) is 4.79 Å². The number of benzene rings is 1. The van der Waals surface area contributed by atoms with E-state index in [9.17, 15) is 4.79 Å². The molecular weight excluding hydrogens is 212 g/mol. The molecule has 3 nitrogen and oxygen atoms in total. The van der Waals surface area contributed by atoms with Crippen LogP contribution in [0.1, 0.15) is 6.92 Å². The maximum atomic E-state index is 10.7. The van der Waals surface area contributed by atoms with Crippen LogP contribution in [-0.2, 0) is 4.79 Å². The van der Waals surface area contributed by atoms with Gasteiger partial charge < -0.3 is 9.15 Å². The zero-order valence-electron chi connectivity index (χ0n) is 8.02. The van der Waals surface area contributed by atoms with Crippen LogP contribution in [0.25, 0.3) is 11.0 Å². The van der Waals surface area contributed by atoms with Crippen molar-refractivity contribution < 1.29 is 13.9 Å². The van der Waals surface area contributed by atoms with Crippen LogP contribution in [0.5, 0.6) is 5.75 Å². The molecule has 2 aromatic rings. The molecule has 0 N–H and O–H groups in total. The summed E-state index contributed by atoms with van der Waals surface area (Å²) in [6, 6.07) is 8.74. The van der Waals surface area contributed by atoms with Crippen LogP contribution in [0.3, 0.4) is 0 Å². The molecular formula is C11H8O3S. The molecule has 1 aromatic carbocycles. The molecule has 0 fully saturated rings. The lowest BCUT2D eigenvalue weighted by molar-refractivity contribution is -0.131. The molecule has 0 radical (unpaired) electrons. The monoisotopic (exact) mass is 220 g/mol. The highest BCUT2D eigenvalue weighted by molar-refractivity contribution is 7.71. The summed E-state index contributed by atoms with van der Waals surface area (Å²) in [4.78, 5) is 10.7. The first-order valence-corrected chi connectivity index (χ1v) is 4.78. The van der Waals surface area contributed by atoms with Gasteiger partial charge in [-0.1, -0.05) is 0 Å². The van der Waals surface area contributed by atoms with Crippen molar-refractivity contribution in [2.24, 2.45) is 0 Å². The van der Waals surface area contributed by atoms with Crippen LogP contribution in [-0.4, -0.2) is 5.97 Å². The van der Waals surface area contributed by atoms with Gasteiger partial charge in [0.05, 0.1) is 0 Å². The van der Waals surface area contributed by atoms with Gasteiger partial charge in [0, 0.05) is 18.4 Å². The molecule has 0 unspecified atom stereocenters. The van der Waals surface area contributed by atoms with Gasteiger partial charge >= 0.3 is 5.97 Å². The summed E-state index contributed by atoms with van der Waals surface area (Å²) in [5, 5.41) is 0.916. The molecule has 0 amide bonds. The minimum atomic E-state index is -0.358. The predicted molar refractivity (Wildman–Crippen MR) is 58.4 cm³/mol. The summed E-state index contributed by atoms with van der Waals surface area (Å²) in [7, 11) is 0. The molecule has 0 saturated carbocycles. The Balaban J connectivity index is 2.54. The lowest BCUT2D eigenvalue weighted by Gasteiger charge is -2.01. The minimum Gasteiger partial charge on any atom is -0.445 e. The Bertz CT molecular complexity index is 571. The highest BCUT2D eigenvalue weighted by Gasteiger charge is 2.01. The van der Waals surface area contributed by atoms with E-state index in [0.29, 0.717) is 16.0 Å². The molecule has 2 rings (SSSR count). The van der Waals surface area contributed by atoms with Gasteiger partial charge in [-0.05, 0) is 36.5 Å². The average Bonchev–Trinajstić information content (AvgIpc) is 2.16. The zero-order chi connectivity index (χ0) is 10.8. The molecule has 0 saturated heterocycles. The van der Waals surface area contributed by atoms with Crippen LogP contribution in [0.2, 0.25) is 0 Å². The van der Waals surface area contributed by atoms with Crippen molar-refractivity contribution in [3.05, 3.63) is 35.0 Å². The maximum Gasteiger partial charge on any atom is 0.308 e. The summed E-state index contributed by atoms with van der Waals surface area (Å²) < 4.78 is 10.6. The van der Waals surface area contributed by atoms with Crippen LogP contribution in [0.4, 0.5) is 0 Å². The van der Waals surface area contributed by atoms with E-state index in [1.54, 1.807) is 18.2 Å². The minimum absolute atomic E-state index is 0.358. The average molecular weight is 220 g/mol. The second-order valence-corrected chi connectivity index (χ2v) is 3.45. The highest BCUT2D eigenvalue weighted by Crippen LogP contribution is 2.21. The summed E-state index contributed by atoms with van der Waals surface area (Å²) >= 11 is 4.90. The van der Waals surface area contributed by atoms with E-state index < -0.39 is 0 Å². The van der Waals surface area contributed by atoms with E-state index in [1.807, 2.05) is 12.1 Å². The van der Waals surface area contributed by atoms with Crippen LogP contribution < -0.4 is 4.74 Å². The van der Waals surface area contributed by atoms with Gasteiger partial charge in [0.15, 0.2) is 4.71 Å². The largest absolute Gasteiger partial charge is 0.445 e. The van der Waals surface area contributed by atoms with E-state index in [1.165, 1.54) is 6.92 Å². The Morgan fingerprint density at radius 1 is 1.33 bits per heavy atom. The molecule has 15 heavy (non-hydrogen) atoms. The predicted octanol–water partition coefficient (Wildman–Crippen LogP) is 3.09. The number of carbonyl (C=O) groups is 1. The van der Waals surface area contributed by atoms with E-state index in [4.69, 9.17) is 21.4 Å². The molecule has 76 valence electrons. The first-order valence-electron chi connectivity index (χ1n) is 4.37. The van der Waals surface area contributed by atoms with Crippen molar-refractivity contribution in [2.75, 3.05) is 0 Å². The maximum absolute atomic E-state index is 10.7. The fourth-order valence-corrected chi connectivity index (χ4v) is 1.43. The summed E-state index contributed by atoms with van der Waals surface area (Å²) in [6.45, 7) is 1.35. The second-order valence-electron chi connectivity index (χ2n) is 3.05.